The molecule has 0 nitrogen and oxygen atoms in total. The van der Waals surface area contributed by atoms with Crippen LogP contribution < -0.4 is 0 Å². The summed E-state index contributed by atoms with van der Waals surface area (Å²) in [5.74, 6) is 0. The Labute approximate surface area is 88.1 Å². The summed E-state index contributed by atoms with van der Waals surface area (Å²) in [5.41, 5.74) is 2.22. The van der Waals surface area contributed by atoms with E-state index in [0.29, 0.717) is 25.3 Å². The average molecular weight is 243 g/mol. The molecule has 0 amide bonds. The Morgan fingerprint density at radius 1 is 0.923 bits per heavy atom. The van der Waals surface area contributed by atoms with Crippen molar-refractivity contribution < 1.29 is 0 Å². The molecule has 0 atom stereocenters. The van der Waals surface area contributed by atoms with Crippen molar-refractivity contribution in [1.29, 1.82) is 0 Å². The molecule has 13 heavy (non-hydrogen) atoms. The first-order valence-corrected chi connectivity index (χ1v) is 6.65. The monoisotopic (exact) mass is 244 g/mol. The van der Waals surface area contributed by atoms with E-state index in [4.69, 9.17) is 0 Å². The minimum absolute atomic E-state index is 0.328. The van der Waals surface area contributed by atoms with Crippen molar-refractivity contribution >= 4 is 14.5 Å². The van der Waals surface area contributed by atoms with Gasteiger partial charge in [0.05, 0.1) is 0 Å². The van der Waals surface area contributed by atoms with Crippen molar-refractivity contribution in [1.82, 2.24) is 0 Å². The van der Waals surface area contributed by atoms with Gasteiger partial charge in [-0.25, -0.2) is 0 Å². The van der Waals surface area contributed by atoms with E-state index in [2.05, 4.69) is 52.5 Å². The molecule has 1 heterocycles. The summed E-state index contributed by atoms with van der Waals surface area (Å²) < 4.78 is 1.63. The Morgan fingerprint density at radius 3 is 1.69 bits per heavy atom. The van der Waals surface area contributed by atoms with Gasteiger partial charge in [0.2, 0.25) is 0 Å². The van der Waals surface area contributed by atoms with E-state index in [1.165, 1.54) is 5.56 Å². The van der Waals surface area contributed by atoms with E-state index in [1.54, 1.807) is 4.44 Å². The number of rotatable bonds is 0. The maximum absolute atomic E-state index is 2.44. The molecule has 0 N–H and O–H groups in total. The van der Waals surface area contributed by atoms with Crippen LogP contribution in [0.15, 0.2) is 11.0 Å². The van der Waals surface area contributed by atoms with E-state index in [1.807, 2.05) is 0 Å². The van der Waals surface area contributed by atoms with Gasteiger partial charge in [0, 0.05) is 0 Å². The molecule has 0 saturated heterocycles. The molecule has 0 fully saturated rings. The molecule has 0 radical (unpaired) electrons. The van der Waals surface area contributed by atoms with Crippen LogP contribution in [-0.2, 0) is 10.8 Å². The molecule has 74 valence electrons. The van der Waals surface area contributed by atoms with Crippen LogP contribution in [0.25, 0.3) is 0 Å². The molecule has 0 aliphatic rings. The standard InChI is InChI=1S/C12H20Se/c1-11(2,3)9-7-10(13-8-9)12(4,5)6/h7-8H,1-6H3. The van der Waals surface area contributed by atoms with E-state index < -0.39 is 0 Å². The minimum atomic E-state index is 0.328. The fourth-order valence-corrected chi connectivity index (χ4v) is 3.69. The molecule has 1 aromatic heterocycles. The van der Waals surface area contributed by atoms with Crippen molar-refractivity contribution in [3.63, 3.8) is 0 Å². The fourth-order valence-electron chi connectivity index (χ4n) is 1.12. The Balaban J connectivity index is 3.01. The first-order valence-electron chi connectivity index (χ1n) is 4.81. The fraction of sp³-hybridized carbons (Fsp3) is 0.667. The van der Waals surface area contributed by atoms with Crippen molar-refractivity contribution in [3.05, 3.63) is 21.0 Å². The van der Waals surface area contributed by atoms with Gasteiger partial charge in [-0.3, -0.25) is 0 Å². The van der Waals surface area contributed by atoms with Gasteiger partial charge in [-0.2, -0.15) is 0 Å². The van der Waals surface area contributed by atoms with Crippen LogP contribution in [0.2, 0.25) is 0 Å². The van der Waals surface area contributed by atoms with Gasteiger partial charge in [0.1, 0.15) is 0 Å². The normalized spacial score (nSPS) is 13.4. The second kappa shape index (κ2) is 3.29. The molecule has 0 saturated carbocycles. The first kappa shape index (κ1) is 11.1. The zero-order valence-corrected chi connectivity index (χ0v) is 11.3. The summed E-state index contributed by atoms with van der Waals surface area (Å²) >= 11 is 0.598. The number of hydrogen-bond donors (Lipinski definition) is 0. The second-order valence-electron chi connectivity index (χ2n) is 5.70. The third-order valence-corrected chi connectivity index (χ3v) is 5.05. The van der Waals surface area contributed by atoms with E-state index in [0.717, 1.165) is 0 Å². The van der Waals surface area contributed by atoms with Crippen LogP contribution in [0.1, 0.15) is 51.5 Å². The van der Waals surface area contributed by atoms with Crippen molar-refractivity contribution in [2.45, 2.75) is 52.4 Å². The predicted molar refractivity (Wildman–Crippen MR) is 60.8 cm³/mol. The topological polar surface area (TPSA) is 0 Å². The summed E-state index contributed by atoms with van der Waals surface area (Å²) in [7, 11) is 0. The summed E-state index contributed by atoms with van der Waals surface area (Å²) in [6.45, 7) is 13.8. The first-order chi connectivity index (χ1) is 5.71. The molecule has 1 rings (SSSR count). The van der Waals surface area contributed by atoms with Crippen LogP contribution in [0.4, 0.5) is 0 Å². The van der Waals surface area contributed by atoms with Crippen LogP contribution in [-0.4, -0.2) is 14.5 Å². The van der Waals surface area contributed by atoms with Gasteiger partial charge in [0.15, 0.2) is 0 Å². The Bertz CT molecular complexity index is 252. The van der Waals surface area contributed by atoms with E-state index in [-0.39, 0.29) is 0 Å². The molecule has 0 aromatic carbocycles. The van der Waals surface area contributed by atoms with Crippen molar-refractivity contribution in [2.75, 3.05) is 0 Å². The molecule has 0 aliphatic carbocycles. The molecule has 0 unspecified atom stereocenters. The zero-order chi connectivity index (χ0) is 10.3. The third kappa shape index (κ3) is 2.72. The van der Waals surface area contributed by atoms with Crippen LogP contribution in [0.3, 0.4) is 0 Å². The van der Waals surface area contributed by atoms with Crippen molar-refractivity contribution in [2.24, 2.45) is 0 Å². The van der Waals surface area contributed by atoms with Crippen LogP contribution in [0, 0.1) is 0 Å². The molecule has 1 heteroatoms. The Hall–Kier alpha value is -0.000519. The van der Waals surface area contributed by atoms with E-state index in [9.17, 15) is 0 Å². The molecule has 1 aromatic rings. The quantitative estimate of drug-likeness (QED) is 0.613. The van der Waals surface area contributed by atoms with E-state index >= 15 is 0 Å². The van der Waals surface area contributed by atoms with Gasteiger partial charge >= 0.3 is 87.9 Å². The summed E-state index contributed by atoms with van der Waals surface area (Å²) in [5, 5.41) is 0. The summed E-state index contributed by atoms with van der Waals surface area (Å²) in [6.07, 6.45) is 0. The molecule has 0 spiro atoms. The van der Waals surface area contributed by atoms with Crippen LogP contribution in [0.5, 0.6) is 0 Å². The molecular weight excluding hydrogens is 223 g/mol. The predicted octanol–water partition coefficient (Wildman–Crippen LogP) is 3.34. The zero-order valence-electron chi connectivity index (χ0n) is 9.56. The SMILES string of the molecule is CC(C)(C)c1c[se]c(C(C)(C)C)c1. The average Bonchev–Trinajstić information content (AvgIpc) is 2.28. The second-order valence-corrected chi connectivity index (χ2v) is 7.61. The molecule has 0 bridgehead atoms. The summed E-state index contributed by atoms with van der Waals surface area (Å²) in [4.78, 5) is 2.44. The van der Waals surface area contributed by atoms with Gasteiger partial charge < -0.3 is 0 Å². The van der Waals surface area contributed by atoms with Crippen LogP contribution >= 0.6 is 0 Å². The summed E-state index contributed by atoms with van der Waals surface area (Å²) in [6, 6.07) is 2.42. The molecular formula is C12H20Se. The maximum atomic E-state index is 2.44. The molecule has 0 aliphatic heterocycles. The van der Waals surface area contributed by atoms with Gasteiger partial charge in [0.25, 0.3) is 0 Å². The van der Waals surface area contributed by atoms with Gasteiger partial charge in [-0.15, -0.1) is 0 Å². The Kier molecular flexibility index (Phi) is 2.81. The van der Waals surface area contributed by atoms with Crippen molar-refractivity contribution in [3.8, 4) is 0 Å². The van der Waals surface area contributed by atoms with Gasteiger partial charge in [-0.1, -0.05) is 0 Å². The number of hydrogen-bond acceptors (Lipinski definition) is 0. The third-order valence-electron chi connectivity index (χ3n) is 2.20. The Morgan fingerprint density at radius 2 is 1.46 bits per heavy atom. The van der Waals surface area contributed by atoms with Gasteiger partial charge in [-0.05, 0) is 0 Å².